The Balaban J connectivity index is 2.03. The SMILES string of the molecule is O=c1c(-c2ccc(F)cc2)c(O)[n+](Cc2cncs2)c2ccccn12. The average Bonchev–Trinajstić information content (AvgIpc) is 3.14. The lowest BCUT2D eigenvalue weighted by molar-refractivity contribution is -0.671. The van der Waals surface area contributed by atoms with Gasteiger partial charge in [0.15, 0.2) is 5.56 Å². The lowest BCUT2D eigenvalue weighted by atomic mass is 10.1. The zero-order valence-electron chi connectivity index (χ0n) is 13.0. The van der Waals surface area contributed by atoms with Crippen molar-refractivity contribution in [2.24, 2.45) is 0 Å². The Bertz CT molecular complexity index is 1110. The Morgan fingerprint density at radius 1 is 1.20 bits per heavy atom. The van der Waals surface area contributed by atoms with Gasteiger partial charge in [-0.05, 0) is 23.8 Å². The van der Waals surface area contributed by atoms with Gasteiger partial charge < -0.3 is 5.11 Å². The Morgan fingerprint density at radius 2 is 2.00 bits per heavy atom. The molecule has 3 heterocycles. The van der Waals surface area contributed by atoms with Crippen molar-refractivity contribution < 1.29 is 14.1 Å². The quantitative estimate of drug-likeness (QED) is 0.576. The molecule has 0 saturated carbocycles. The summed E-state index contributed by atoms with van der Waals surface area (Å²) < 4.78 is 16.3. The minimum absolute atomic E-state index is 0.133. The number of benzene rings is 1. The number of halogens is 1. The highest BCUT2D eigenvalue weighted by Crippen LogP contribution is 2.24. The van der Waals surface area contributed by atoms with Gasteiger partial charge in [-0.2, -0.15) is 8.97 Å². The number of pyridine rings is 1. The summed E-state index contributed by atoms with van der Waals surface area (Å²) in [6.07, 6.45) is 3.37. The molecule has 0 amide bonds. The van der Waals surface area contributed by atoms with Crippen LogP contribution in [0.25, 0.3) is 16.8 Å². The fourth-order valence-electron chi connectivity index (χ4n) is 2.79. The molecule has 0 aliphatic heterocycles. The van der Waals surface area contributed by atoms with E-state index in [1.54, 1.807) is 40.7 Å². The Kier molecular flexibility index (Phi) is 3.77. The summed E-state index contributed by atoms with van der Waals surface area (Å²) in [4.78, 5) is 17.9. The second-order valence-corrected chi connectivity index (χ2v) is 6.46. The zero-order valence-corrected chi connectivity index (χ0v) is 13.8. The lowest BCUT2D eigenvalue weighted by Crippen LogP contribution is -2.41. The van der Waals surface area contributed by atoms with E-state index in [0.29, 0.717) is 17.8 Å². The molecule has 7 heteroatoms. The molecule has 4 aromatic rings. The van der Waals surface area contributed by atoms with Gasteiger partial charge in [-0.3, -0.25) is 4.98 Å². The van der Waals surface area contributed by atoms with Gasteiger partial charge in [-0.25, -0.2) is 9.18 Å². The van der Waals surface area contributed by atoms with Crippen molar-refractivity contribution >= 4 is 17.0 Å². The van der Waals surface area contributed by atoms with Crippen LogP contribution in [0.15, 0.2) is 65.2 Å². The molecule has 0 bridgehead atoms. The van der Waals surface area contributed by atoms with Crippen LogP contribution < -0.4 is 10.1 Å². The number of hydrogen-bond acceptors (Lipinski definition) is 4. The van der Waals surface area contributed by atoms with Gasteiger partial charge in [0.2, 0.25) is 0 Å². The molecule has 0 saturated heterocycles. The average molecular weight is 354 g/mol. The van der Waals surface area contributed by atoms with E-state index in [1.165, 1.54) is 40.0 Å². The maximum Gasteiger partial charge on any atom is 0.354 e. The van der Waals surface area contributed by atoms with Gasteiger partial charge in [0.1, 0.15) is 12.4 Å². The van der Waals surface area contributed by atoms with Gasteiger partial charge in [-0.15, -0.1) is 11.3 Å². The fraction of sp³-hybridized carbons (Fsp3) is 0.0556. The van der Waals surface area contributed by atoms with Crippen molar-refractivity contribution in [2.75, 3.05) is 0 Å². The second kappa shape index (κ2) is 6.10. The highest BCUT2D eigenvalue weighted by molar-refractivity contribution is 7.09. The van der Waals surface area contributed by atoms with Crippen LogP contribution in [0.5, 0.6) is 5.88 Å². The molecule has 1 N–H and O–H groups in total. The normalized spacial score (nSPS) is 11.1. The summed E-state index contributed by atoms with van der Waals surface area (Å²) in [6, 6.07) is 10.8. The smallest absolute Gasteiger partial charge is 0.354 e. The van der Waals surface area contributed by atoms with E-state index in [4.69, 9.17) is 0 Å². The summed E-state index contributed by atoms with van der Waals surface area (Å²) in [7, 11) is 0. The first-order valence-electron chi connectivity index (χ1n) is 7.54. The molecule has 0 fully saturated rings. The number of hydrogen-bond donors (Lipinski definition) is 1. The summed E-state index contributed by atoms with van der Waals surface area (Å²) in [6.45, 7) is 0.374. The molecule has 124 valence electrons. The van der Waals surface area contributed by atoms with Gasteiger partial charge in [0.25, 0.3) is 11.5 Å². The molecular weight excluding hydrogens is 341 g/mol. The summed E-state index contributed by atoms with van der Waals surface area (Å²) in [5.41, 5.74) is 2.50. The van der Waals surface area contributed by atoms with Crippen molar-refractivity contribution in [3.8, 4) is 17.0 Å². The molecule has 3 aromatic heterocycles. The van der Waals surface area contributed by atoms with Gasteiger partial charge >= 0.3 is 5.56 Å². The number of aromatic nitrogens is 3. The summed E-state index contributed by atoms with van der Waals surface area (Å²) >= 11 is 1.46. The van der Waals surface area contributed by atoms with Gasteiger partial charge in [0, 0.05) is 12.3 Å². The fourth-order valence-corrected chi connectivity index (χ4v) is 3.37. The molecule has 0 spiro atoms. The number of aromatic hydroxyl groups is 1. The predicted molar refractivity (Wildman–Crippen MR) is 92.1 cm³/mol. The first kappa shape index (κ1) is 15.5. The number of rotatable bonds is 3. The summed E-state index contributed by atoms with van der Waals surface area (Å²) in [5.74, 6) is -0.558. The monoisotopic (exact) mass is 354 g/mol. The van der Waals surface area contributed by atoms with Crippen LogP contribution in [-0.2, 0) is 6.54 Å². The van der Waals surface area contributed by atoms with Gasteiger partial charge in [0.05, 0.1) is 16.6 Å². The van der Waals surface area contributed by atoms with E-state index in [9.17, 15) is 14.3 Å². The first-order valence-corrected chi connectivity index (χ1v) is 8.42. The first-order chi connectivity index (χ1) is 12.1. The van der Waals surface area contributed by atoms with Crippen LogP contribution in [0.2, 0.25) is 0 Å². The molecule has 0 aliphatic carbocycles. The summed E-state index contributed by atoms with van der Waals surface area (Å²) in [5, 5.41) is 10.8. The van der Waals surface area contributed by atoms with E-state index in [-0.39, 0.29) is 17.0 Å². The Labute approximate surface area is 145 Å². The minimum Gasteiger partial charge on any atom is -0.477 e. The molecule has 1 aromatic carbocycles. The topological polar surface area (TPSA) is 58.5 Å². The standard InChI is InChI=1S/C18H12FN3O2S/c19-13-6-4-12(5-7-13)16-17(23)21-8-2-1-3-15(21)22(18(16)24)10-14-9-20-11-25-14/h1-9,11H,10H2/p+1. The van der Waals surface area contributed by atoms with Crippen LogP contribution >= 0.6 is 11.3 Å². The predicted octanol–water partition coefficient (Wildman–Crippen LogP) is 2.60. The van der Waals surface area contributed by atoms with Crippen molar-refractivity contribution in [1.82, 2.24) is 9.38 Å². The van der Waals surface area contributed by atoms with Crippen molar-refractivity contribution in [3.05, 3.63) is 81.4 Å². The maximum atomic E-state index is 13.2. The van der Waals surface area contributed by atoms with Crippen LogP contribution in [0, 0.1) is 5.82 Å². The third-order valence-electron chi connectivity index (χ3n) is 3.96. The molecule has 5 nitrogen and oxygen atoms in total. The molecule has 0 aliphatic rings. The van der Waals surface area contributed by atoms with Crippen LogP contribution in [0.3, 0.4) is 0 Å². The molecule has 0 atom stereocenters. The van der Waals surface area contributed by atoms with E-state index in [2.05, 4.69) is 4.98 Å². The van der Waals surface area contributed by atoms with Crippen LogP contribution in [0.1, 0.15) is 4.88 Å². The number of thiazole rings is 1. The molecule has 4 rings (SSSR count). The van der Waals surface area contributed by atoms with Crippen LogP contribution in [-0.4, -0.2) is 14.5 Å². The third kappa shape index (κ3) is 2.68. The Hall–Kier alpha value is -3.06. The van der Waals surface area contributed by atoms with Crippen molar-refractivity contribution in [1.29, 1.82) is 0 Å². The van der Waals surface area contributed by atoms with Crippen molar-refractivity contribution in [2.45, 2.75) is 6.54 Å². The van der Waals surface area contributed by atoms with E-state index in [1.807, 2.05) is 0 Å². The van der Waals surface area contributed by atoms with Crippen molar-refractivity contribution in [3.63, 3.8) is 0 Å². The second-order valence-electron chi connectivity index (χ2n) is 5.49. The Morgan fingerprint density at radius 3 is 2.72 bits per heavy atom. The third-order valence-corrected chi connectivity index (χ3v) is 4.72. The van der Waals surface area contributed by atoms with E-state index >= 15 is 0 Å². The molecule has 25 heavy (non-hydrogen) atoms. The lowest BCUT2D eigenvalue weighted by Gasteiger charge is -2.09. The van der Waals surface area contributed by atoms with E-state index in [0.717, 1.165) is 4.88 Å². The highest BCUT2D eigenvalue weighted by Gasteiger charge is 2.25. The maximum absolute atomic E-state index is 13.2. The van der Waals surface area contributed by atoms with Crippen LogP contribution in [0.4, 0.5) is 4.39 Å². The zero-order chi connectivity index (χ0) is 17.4. The molecular formula is C18H13FN3O2S+. The number of nitrogens with zero attached hydrogens (tertiary/aromatic N) is 3. The molecule has 0 radical (unpaired) electrons. The molecule has 0 unspecified atom stereocenters. The minimum atomic E-state index is -0.401. The number of fused-ring (bicyclic) bond motifs is 1. The van der Waals surface area contributed by atoms with Gasteiger partial charge in [-0.1, -0.05) is 18.2 Å². The highest BCUT2D eigenvalue weighted by atomic mass is 32.1. The van der Waals surface area contributed by atoms with E-state index < -0.39 is 5.82 Å². The largest absolute Gasteiger partial charge is 0.477 e.